The van der Waals surface area contributed by atoms with Crippen LogP contribution in [0.25, 0.3) is 0 Å². The topological polar surface area (TPSA) is 768 Å². The Bertz CT molecular complexity index is 3240. The second-order valence-electron chi connectivity index (χ2n) is 28.1. The van der Waals surface area contributed by atoms with Crippen molar-refractivity contribution in [1.29, 1.82) is 0 Å². The van der Waals surface area contributed by atoms with E-state index < -0.39 is 351 Å². The summed E-state index contributed by atoms with van der Waals surface area (Å²) in [4.78, 5) is 86.8. The summed E-state index contributed by atoms with van der Waals surface area (Å²) < 4.78 is 124. The molecule has 646 valence electrons. The Morgan fingerprint density at radius 2 is 0.752 bits per heavy atom. The van der Waals surface area contributed by atoms with Crippen LogP contribution < -0.4 is 0 Å². The number of esters is 3. The first-order valence-corrected chi connectivity index (χ1v) is 35.0. The van der Waals surface area contributed by atoms with E-state index in [1.807, 2.05) is 0 Å². The number of aliphatic carboxylic acids is 4. The molecule has 0 amide bonds. The minimum atomic E-state index is -2.50. The summed E-state index contributed by atoms with van der Waals surface area (Å²) in [5, 5.41) is 241. The Hall–Kier alpha value is -5.19. The van der Waals surface area contributed by atoms with Gasteiger partial charge in [0.2, 0.25) is 0 Å². The molecule has 0 aliphatic carbocycles. The molecule has 10 aliphatic rings. The van der Waals surface area contributed by atoms with Crippen LogP contribution in [0, 0.1) is 0 Å². The molecule has 0 saturated carbocycles. The molecule has 10 heterocycles. The minimum absolute atomic E-state index is 0.629. The second kappa shape index (κ2) is 37.0. The molecule has 113 heavy (non-hydrogen) atoms. The van der Waals surface area contributed by atoms with Gasteiger partial charge in [-0.3, -0.25) is 14.4 Å². The highest BCUT2D eigenvalue weighted by Gasteiger charge is 2.64. The zero-order valence-electron chi connectivity index (χ0n) is 59.8. The molecule has 43 atom stereocenters. The molecule has 10 rings (SSSR count). The van der Waals surface area contributed by atoms with Crippen molar-refractivity contribution >= 4 is 41.8 Å². The lowest BCUT2D eigenvalue weighted by molar-refractivity contribution is -0.424. The fourth-order valence-corrected chi connectivity index (χ4v) is 14.0. The summed E-state index contributed by atoms with van der Waals surface area (Å²) in [5.41, 5.74) is 0. The number of aliphatic hydroxyl groups is 18. The van der Waals surface area contributed by atoms with Gasteiger partial charge < -0.3 is 217 Å². The number of carbonyl (C=O) groups excluding carboxylic acids is 3. The number of carboxylic acid groups (broad SMARTS) is 4. The summed E-state index contributed by atoms with van der Waals surface area (Å²) in [6, 6.07) is 0. The number of carbonyl (C=O) groups is 7. The van der Waals surface area contributed by atoms with E-state index in [4.69, 9.17) is 104 Å². The number of rotatable bonds is 27. The van der Waals surface area contributed by atoms with Crippen molar-refractivity contribution in [3.05, 3.63) is 0 Å². The van der Waals surface area contributed by atoms with Crippen molar-refractivity contribution in [1.82, 2.24) is 0 Å². The third-order valence-corrected chi connectivity index (χ3v) is 20.0. The molecule has 51 heteroatoms. The predicted molar refractivity (Wildman–Crippen MR) is 332 cm³/mol. The van der Waals surface area contributed by atoms with Gasteiger partial charge in [-0.1, -0.05) is 0 Å². The van der Waals surface area contributed by atoms with Crippen LogP contribution in [0.5, 0.6) is 0 Å². The van der Waals surface area contributed by atoms with Crippen molar-refractivity contribution < 1.29 is 250 Å². The fourth-order valence-electron chi connectivity index (χ4n) is 14.0. The Kier molecular flexibility index (Phi) is 29.5. The van der Waals surface area contributed by atoms with Gasteiger partial charge in [-0.05, 0) is 6.92 Å². The SMILES string of the molecule is CC(=O)O[C@@H]1[C@@H](O)[C@H](O[C@@H]2O[C@H](CO)[C@@H](O[C@@H]3O[C@H](C(=O)O)[C@@H](O[C@@H]4O[C@H](C(=O)O)[C@@H](O)[C@H](O)[C@H]4O)[C@H](O)[C@H]3OC(C)=O)[C@H](O)[C@H]2O)[C@@H](CO[C@@H]2O[C@H](CO)[C@@H](O[C@@H]3O[C@H](CO)[C@@H](O[C@@H]4O[C@@H]5CO[C@](C)(C(=O)O)O[C@H]5[C@H](O[C@@H]5O[C@@H]6CO[C@@](C)(C(=O)O)O[C@@H]6[C@H](OC(=O)CC(C)O)[C@H]5O)[C@H]4O)[C@H](O)[C@H]3O)[C@H](O)[C@H]2O)O[C@@H]1O. The first-order valence-electron chi connectivity index (χ1n) is 35.0. The molecule has 1 unspecified atom stereocenters. The minimum Gasteiger partial charge on any atom is -0.479 e. The quantitative estimate of drug-likeness (QED) is 0.0268. The largest absolute Gasteiger partial charge is 0.479 e. The van der Waals surface area contributed by atoms with Gasteiger partial charge in [-0.25, -0.2) is 19.2 Å². The van der Waals surface area contributed by atoms with Gasteiger partial charge in [0.25, 0.3) is 11.6 Å². The lowest BCUT2D eigenvalue weighted by atomic mass is 9.94. The Morgan fingerprint density at radius 1 is 0.381 bits per heavy atom. The molecule has 0 spiro atoms. The summed E-state index contributed by atoms with van der Waals surface area (Å²) in [6.45, 7) is -1.13. The van der Waals surface area contributed by atoms with E-state index >= 15 is 0 Å². The van der Waals surface area contributed by atoms with Crippen LogP contribution in [0.1, 0.15) is 41.0 Å². The van der Waals surface area contributed by atoms with Gasteiger partial charge in [0.15, 0.2) is 80.8 Å². The third-order valence-electron chi connectivity index (χ3n) is 20.0. The van der Waals surface area contributed by atoms with Crippen LogP contribution in [0.4, 0.5) is 0 Å². The van der Waals surface area contributed by atoms with Crippen LogP contribution in [-0.4, -0.2) is 457 Å². The predicted octanol–water partition coefficient (Wildman–Crippen LogP) is -15.1. The Morgan fingerprint density at radius 3 is 1.20 bits per heavy atom. The first-order chi connectivity index (χ1) is 53.1. The van der Waals surface area contributed by atoms with E-state index in [2.05, 4.69) is 0 Å². The Balaban J connectivity index is 0.799. The van der Waals surface area contributed by atoms with Crippen LogP contribution in [0.15, 0.2) is 0 Å². The number of hydrogen-bond donors (Lipinski definition) is 22. The number of carboxylic acids is 4. The van der Waals surface area contributed by atoms with Gasteiger partial charge in [0.1, 0.15) is 165 Å². The van der Waals surface area contributed by atoms with E-state index in [0.717, 1.165) is 27.7 Å². The lowest BCUT2D eigenvalue weighted by Crippen LogP contribution is -2.71. The maximum Gasteiger partial charge on any atom is 0.364 e. The zero-order chi connectivity index (χ0) is 83.2. The highest BCUT2D eigenvalue weighted by Crippen LogP contribution is 2.43. The van der Waals surface area contributed by atoms with E-state index in [-0.39, 0.29) is 0 Å². The van der Waals surface area contributed by atoms with Crippen LogP contribution in [0.2, 0.25) is 0 Å². The van der Waals surface area contributed by atoms with E-state index in [9.17, 15) is 146 Å². The zero-order valence-corrected chi connectivity index (χ0v) is 59.8. The third kappa shape index (κ3) is 19.1. The van der Waals surface area contributed by atoms with Gasteiger partial charge in [-0.2, -0.15) is 0 Å². The highest BCUT2D eigenvalue weighted by molar-refractivity contribution is 5.76. The smallest absolute Gasteiger partial charge is 0.364 e. The molecule has 0 aromatic carbocycles. The van der Waals surface area contributed by atoms with E-state index in [1.54, 1.807) is 0 Å². The maximum absolute atomic E-state index is 13.0. The maximum atomic E-state index is 13.0. The van der Waals surface area contributed by atoms with Gasteiger partial charge in [0.05, 0.1) is 52.2 Å². The number of aliphatic hydroxyl groups excluding tert-OH is 18. The molecular formula is C62H92O51. The molecule has 0 aromatic rings. The second-order valence-corrected chi connectivity index (χ2v) is 28.1. The number of ether oxygens (including phenoxy) is 22. The lowest BCUT2D eigenvalue weighted by Gasteiger charge is -2.53. The van der Waals surface area contributed by atoms with E-state index in [0.29, 0.717) is 0 Å². The van der Waals surface area contributed by atoms with Crippen LogP contribution in [0.3, 0.4) is 0 Å². The number of fused-ring (bicyclic) bond motifs is 2. The van der Waals surface area contributed by atoms with Crippen molar-refractivity contribution in [3.8, 4) is 0 Å². The Labute approximate surface area is 634 Å². The summed E-state index contributed by atoms with van der Waals surface area (Å²) >= 11 is 0. The molecule has 10 saturated heterocycles. The monoisotopic (exact) mass is 1650 g/mol. The van der Waals surface area contributed by atoms with Crippen LogP contribution in [-0.2, 0) is 138 Å². The molecule has 22 N–H and O–H groups in total. The van der Waals surface area contributed by atoms with Gasteiger partial charge in [0, 0.05) is 27.7 Å². The summed E-state index contributed by atoms with van der Waals surface area (Å²) in [7, 11) is 0. The van der Waals surface area contributed by atoms with E-state index in [1.165, 1.54) is 6.92 Å². The molecule has 10 aliphatic heterocycles. The summed E-state index contributed by atoms with van der Waals surface area (Å²) in [6.07, 6.45) is -87.6. The van der Waals surface area contributed by atoms with Crippen molar-refractivity contribution in [2.45, 2.75) is 304 Å². The average molecular weight is 1650 g/mol. The van der Waals surface area contributed by atoms with Gasteiger partial charge >= 0.3 is 41.8 Å². The molecule has 10 fully saturated rings. The molecule has 51 nitrogen and oxygen atoms in total. The van der Waals surface area contributed by atoms with Crippen molar-refractivity contribution in [3.63, 3.8) is 0 Å². The van der Waals surface area contributed by atoms with Gasteiger partial charge in [-0.15, -0.1) is 0 Å². The molecular weight excluding hydrogens is 1560 g/mol. The molecule has 0 bridgehead atoms. The first kappa shape index (κ1) is 90.1. The molecule has 0 radical (unpaired) electrons. The van der Waals surface area contributed by atoms with Crippen molar-refractivity contribution in [2.24, 2.45) is 0 Å². The average Bonchev–Trinajstić information content (AvgIpc) is 0.750. The fraction of sp³-hybridized carbons (Fsp3) is 0.887. The van der Waals surface area contributed by atoms with Crippen molar-refractivity contribution in [2.75, 3.05) is 39.6 Å². The highest BCUT2D eigenvalue weighted by atomic mass is 16.8. The van der Waals surface area contributed by atoms with Crippen LogP contribution >= 0.6 is 0 Å². The molecule has 0 aromatic heterocycles. The normalized spacial score (nSPS) is 48.5. The summed E-state index contributed by atoms with van der Waals surface area (Å²) in [5.74, 6) is -15.6. The number of hydrogen-bond acceptors (Lipinski definition) is 47. The standard InChI is InChI=1S/C62H92O51/c1-13(66)6-22(69)103-43-34(81)57(102-20-11-93-61(4,59(88)89)112-40(20)43)109-44-35(82)56(101-21-12-94-62(5,60(90)91)113-41(21)44)105-37-17(8-64)99-53(30(77)26(37)73)104-36-16(7-63)98-52(29(76)25(36)72)92-10-19-39(32(79)46(51(87)97-19)95-14(2)67)106-54-31(78)27(74)38(18(9-65)100-54)107-58-47(96-15(3)68)33(80)42(48(111-58)50(85)86)108-55-28(75)23(70)24(71)45(110-55)49(83)84/h13,16-21,23-48,51-58,63-66,70-82,87H,6-12H2,1-5H3,(H,83,84)(H,85,86)(H,88,89)(H,90,91)/t13?,16-,17-,18-,19-,20-,21-,23+,24+,25-,26-,27-,28-,29-,30-,31-,32+,33+,34-,35-,36-,37-,38-,39-,40+,41-,42+,43-,44-,45+,46-,47-,48+,51+,52-,53+,54+,55-,56+,57+,58-,61-,62+/m1/s1.